The molecule has 10 heteroatoms. The Morgan fingerprint density at radius 2 is 1.41 bits per heavy atom. The van der Waals surface area contributed by atoms with E-state index in [0.29, 0.717) is 18.2 Å². The Kier molecular flexibility index (Phi) is 3.16. The molecule has 0 aliphatic carbocycles. The van der Waals surface area contributed by atoms with Crippen molar-refractivity contribution >= 4 is 11.4 Å². The summed E-state index contributed by atoms with van der Waals surface area (Å²) in [5.41, 5.74) is -1.73. The molecule has 0 unspecified atom stereocenters. The van der Waals surface area contributed by atoms with Crippen LogP contribution in [0, 0.1) is 20.2 Å². The molecule has 1 aromatic rings. The lowest BCUT2D eigenvalue weighted by Crippen LogP contribution is -2.17. The Morgan fingerprint density at radius 3 is 1.71 bits per heavy atom. The lowest BCUT2D eigenvalue weighted by atomic mass is 10.2. The van der Waals surface area contributed by atoms with Gasteiger partial charge in [-0.1, -0.05) is 0 Å². The van der Waals surface area contributed by atoms with E-state index in [9.17, 15) is 33.4 Å². The van der Waals surface area contributed by atoms with E-state index in [4.69, 9.17) is 0 Å². The Labute approximate surface area is 90.7 Å². The van der Waals surface area contributed by atoms with Crippen molar-refractivity contribution in [2.75, 3.05) is 0 Å². The van der Waals surface area contributed by atoms with Crippen LogP contribution in [-0.2, 0) is 0 Å². The third-order valence-electron chi connectivity index (χ3n) is 1.53. The fourth-order valence-electron chi connectivity index (χ4n) is 0.971. The quantitative estimate of drug-likeness (QED) is 0.607. The largest absolute Gasteiger partial charge is 0.573 e. The second-order valence-electron chi connectivity index (χ2n) is 2.75. The van der Waals surface area contributed by atoms with Gasteiger partial charge >= 0.3 is 6.36 Å². The summed E-state index contributed by atoms with van der Waals surface area (Å²) in [5, 5.41) is 20.7. The van der Waals surface area contributed by atoms with E-state index in [1.807, 2.05) is 0 Å². The van der Waals surface area contributed by atoms with Crippen LogP contribution in [0.2, 0.25) is 0 Å². The highest BCUT2D eigenvalue weighted by atomic mass is 19.4. The molecule has 1 rings (SSSR count). The Bertz CT molecular complexity index is 441. The van der Waals surface area contributed by atoms with E-state index >= 15 is 0 Å². The highest BCUT2D eigenvalue weighted by Gasteiger charge is 2.32. The molecule has 0 heterocycles. The summed E-state index contributed by atoms with van der Waals surface area (Å²) in [6.07, 6.45) is -5.08. The number of nitro groups is 2. The van der Waals surface area contributed by atoms with E-state index in [2.05, 4.69) is 4.74 Å². The van der Waals surface area contributed by atoms with Gasteiger partial charge in [-0.05, 0) is 0 Å². The van der Waals surface area contributed by atoms with E-state index < -0.39 is 33.3 Å². The average Bonchev–Trinajstić information content (AvgIpc) is 2.14. The van der Waals surface area contributed by atoms with Gasteiger partial charge in [0.15, 0.2) is 0 Å². The van der Waals surface area contributed by atoms with Crippen LogP contribution in [-0.4, -0.2) is 16.2 Å². The zero-order valence-corrected chi connectivity index (χ0v) is 7.80. The summed E-state index contributed by atoms with van der Waals surface area (Å²) in [7, 11) is 0. The Balaban J connectivity index is 3.22. The number of hydrogen-bond donors (Lipinski definition) is 0. The topological polar surface area (TPSA) is 95.5 Å². The first-order valence-electron chi connectivity index (χ1n) is 3.88. The second-order valence-corrected chi connectivity index (χ2v) is 2.75. The SMILES string of the molecule is O=[N+]([O-])c1cc(OC(F)(F)F)cc([N+](=O)[O-])c1. The number of nitro benzene ring substituents is 2. The zero-order valence-electron chi connectivity index (χ0n) is 7.80. The Morgan fingerprint density at radius 1 is 1.00 bits per heavy atom. The molecule has 0 aliphatic rings. The number of nitrogens with zero attached hydrogens (tertiary/aromatic N) is 2. The van der Waals surface area contributed by atoms with Crippen LogP contribution in [0.15, 0.2) is 18.2 Å². The molecule has 0 aromatic heterocycles. The van der Waals surface area contributed by atoms with Gasteiger partial charge in [0.1, 0.15) is 5.75 Å². The van der Waals surface area contributed by atoms with Crippen LogP contribution in [0.25, 0.3) is 0 Å². The number of ether oxygens (including phenoxy) is 1. The maximum Gasteiger partial charge on any atom is 0.573 e. The van der Waals surface area contributed by atoms with Crippen molar-refractivity contribution in [1.29, 1.82) is 0 Å². The molecule has 1 aromatic carbocycles. The maximum atomic E-state index is 11.8. The average molecular weight is 252 g/mol. The lowest BCUT2D eigenvalue weighted by molar-refractivity contribution is -0.394. The minimum Gasteiger partial charge on any atom is -0.405 e. The van der Waals surface area contributed by atoms with Gasteiger partial charge in [-0.15, -0.1) is 13.2 Å². The second kappa shape index (κ2) is 4.23. The Hall–Kier alpha value is -2.39. The standard InChI is InChI=1S/C7H3F3N2O5/c8-7(9,10)17-6-2-4(11(13)14)1-5(3-6)12(15)16/h1-3H. The van der Waals surface area contributed by atoms with Gasteiger partial charge in [-0.25, -0.2) is 0 Å². The van der Waals surface area contributed by atoms with E-state index in [-0.39, 0.29) is 0 Å². The van der Waals surface area contributed by atoms with Crippen LogP contribution in [0.1, 0.15) is 0 Å². The fraction of sp³-hybridized carbons (Fsp3) is 0.143. The van der Waals surface area contributed by atoms with Crippen molar-refractivity contribution in [3.8, 4) is 5.75 Å². The third kappa shape index (κ3) is 3.59. The number of alkyl halides is 3. The summed E-state index contributed by atoms with van der Waals surface area (Å²) in [5.74, 6) is -1.02. The van der Waals surface area contributed by atoms with Gasteiger partial charge in [-0.3, -0.25) is 20.2 Å². The number of non-ortho nitro benzene ring substituents is 2. The van der Waals surface area contributed by atoms with Crippen LogP contribution in [0.3, 0.4) is 0 Å². The van der Waals surface area contributed by atoms with Gasteiger partial charge < -0.3 is 4.74 Å². The summed E-state index contributed by atoms with van der Waals surface area (Å²) in [4.78, 5) is 18.6. The van der Waals surface area contributed by atoms with Crippen LogP contribution < -0.4 is 4.74 Å². The van der Waals surface area contributed by atoms with Crippen molar-refractivity contribution in [1.82, 2.24) is 0 Å². The lowest BCUT2D eigenvalue weighted by Gasteiger charge is -2.07. The van der Waals surface area contributed by atoms with E-state index in [0.717, 1.165) is 0 Å². The van der Waals surface area contributed by atoms with Gasteiger partial charge in [0.2, 0.25) is 0 Å². The third-order valence-corrected chi connectivity index (χ3v) is 1.53. The molecule has 92 valence electrons. The minimum absolute atomic E-state index is 0.445. The number of benzene rings is 1. The predicted octanol–water partition coefficient (Wildman–Crippen LogP) is 2.40. The minimum atomic E-state index is -5.08. The van der Waals surface area contributed by atoms with Crippen LogP contribution in [0.5, 0.6) is 5.75 Å². The van der Waals surface area contributed by atoms with E-state index in [1.165, 1.54) is 0 Å². The van der Waals surface area contributed by atoms with Crippen molar-refractivity contribution in [3.63, 3.8) is 0 Å². The molecule has 0 amide bonds. The summed E-state index contributed by atoms with van der Waals surface area (Å²) in [6, 6.07) is 1.42. The molecule has 7 nitrogen and oxygen atoms in total. The normalized spacial score (nSPS) is 11.0. The first-order valence-corrected chi connectivity index (χ1v) is 3.88. The van der Waals surface area contributed by atoms with Crippen molar-refractivity contribution in [3.05, 3.63) is 38.4 Å². The van der Waals surface area contributed by atoms with Gasteiger partial charge in [0, 0.05) is 0 Å². The van der Waals surface area contributed by atoms with Gasteiger partial charge in [-0.2, -0.15) is 0 Å². The number of rotatable bonds is 3. The maximum absolute atomic E-state index is 11.8. The zero-order chi connectivity index (χ0) is 13.2. The molecule has 0 aliphatic heterocycles. The first kappa shape index (κ1) is 12.7. The van der Waals surface area contributed by atoms with Gasteiger partial charge in [0.05, 0.1) is 28.0 Å². The number of halogens is 3. The molecule has 0 atom stereocenters. The smallest absolute Gasteiger partial charge is 0.405 e. The monoisotopic (exact) mass is 252 g/mol. The first-order chi connectivity index (χ1) is 7.69. The molecule has 17 heavy (non-hydrogen) atoms. The summed E-state index contributed by atoms with van der Waals surface area (Å²) < 4.78 is 38.9. The molecule has 0 spiro atoms. The molecule has 0 bridgehead atoms. The summed E-state index contributed by atoms with van der Waals surface area (Å²) in [6.45, 7) is 0. The molecule has 0 N–H and O–H groups in total. The van der Waals surface area contributed by atoms with Crippen LogP contribution >= 0.6 is 0 Å². The number of hydrogen-bond acceptors (Lipinski definition) is 5. The molecular weight excluding hydrogens is 249 g/mol. The fourth-order valence-corrected chi connectivity index (χ4v) is 0.971. The van der Waals surface area contributed by atoms with Crippen molar-refractivity contribution in [2.45, 2.75) is 6.36 Å². The highest BCUT2D eigenvalue weighted by Crippen LogP contribution is 2.30. The summed E-state index contributed by atoms with van der Waals surface area (Å²) >= 11 is 0. The molecule has 0 saturated carbocycles. The van der Waals surface area contributed by atoms with Crippen molar-refractivity contribution < 1.29 is 27.8 Å². The molecule has 0 radical (unpaired) electrons. The highest BCUT2D eigenvalue weighted by molar-refractivity contribution is 5.49. The molecule has 0 fully saturated rings. The van der Waals surface area contributed by atoms with E-state index in [1.54, 1.807) is 0 Å². The van der Waals surface area contributed by atoms with Gasteiger partial charge in [0.25, 0.3) is 11.4 Å². The van der Waals surface area contributed by atoms with Crippen molar-refractivity contribution in [2.24, 2.45) is 0 Å². The molecular formula is C7H3F3N2O5. The predicted molar refractivity (Wildman–Crippen MR) is 46.4 cm³/mol. The molecule has 0 saturated heterocycles. The van der Waals surface area contributed by atoms with Crippen LogP contribution in [0.4, 0.5) is 24.5 Å².